The van der Waals surface area contributed by atoms with Crippen molar-refractivity contribution in [1.82, 2.24) is 10.2 Å². The predicted molar refractivity (Wildman–Crippen MR) is 143 cm³/mol. The number of aryl methyl sites for hydroxylation is 1. The first-order valence-corrected chi connectivity index (χ1v) is 12.2. The molecular formula is C28H24N4O4S. The van der Waals surface area contributed by atoms with Crippen LogP contribution < -0.4 is 19.5 Å². The highest BCUT2D eigenvalue weighted by molar-refractivity contribution is 7.16. The van der Waals surface area contributed by atoms with Gasteiger partial charge >= 0.3 is 0 Å². The molecule has 0 spiro atoms. The maximum Gasteiger partial charge on any atom is 0.257 e. The van der Waals surface area contributed by atoms with Gasteiger partial charge in [-0.1, -0.05) is 53.8 Å². The van der Waals surface area contributed by atoms with Crippen LogP contribution in [0.5, 0.6) is 17.2 Å². The second-order valence-electron chi connectivity index (χ2n) is 7.78. The van der Waals surface area contributed by atoms with Crippen LogP contribution in [0.2, 0.25) is 0 Å². The number of allylic oxidation sites excluding steroid dienone is 1. The van der Waals surface area contributed by atoms with Crippen LogP contribution in [-0.2, 0) is 0 Å². The van der Waals surface area contributed by atoms with Crippen molar-refractivity contribution >= 4 is 34.0 Å². The van der Waals surface area contributed by atoms with Crippen molar-refractivity contribution in [2.75, 3.05) is 25.6 Å². The van der Waals surface area contributed by atoms with Crippen molar-refractivity contribution in [3.63, 3.8) is 0 Å². The summed E-state index contributed by atoms with van der Waals surface area (Å²) in [5.74, 6) is 1.61. The van der Waals surface area contributed by atoms with E-state index in [1.807, 2.05) is 43.3 Å². The lowest BCUT2D eigenvalue weighted by Gasteiger charge is -2.13. The maximum atomic E-state index is 12.4. The molecule has 0 fully saturated rings. The maximum absolute atomic E-state index is 12.4. The van der Waals surface area contributed by atoms with Crippen LogP contribution in [0.4, 0.5) is 5.13 Å². The van der Waals surface area contributed by atoms with E-state index < -0.39 is 0 Å². The van der Waals surface area contributed by atoms with E-state index in [4.69, 9.17) is 14.2 Å². The van der Waals surface area contributed by atoms with Gasteiger partial charge in [-0.15, -0.1) is 10.2 Å². The number of para-hydroxylation sites is 1. The van der Waals surface area contributed by atoms with E-state index in [1.165, 1.54) is 0 Å². The molecule has 0 aliphatic carbocycles. The summed E-state index contributed by atoms with van der Waals surface area (Å²) in [4.78, 5) is 12.4. The van der Waals surface area contributed by atoms with E-state index in [0.29, 0.717) is 46.0 Å². The van der Waals surface area contributed by atoms with Crippen molar-refractivity contribution in [3.8, 4) is 23.3 Å². The SMILES string of the molecule is COc1cc(/C=C(/C#N)c2nnc(NC(=O)c3ccccc3)s2)ccc1OCCOc1ccccc1C. The van der Waals surface area contributed by atoms with Crippen LogP contribution in [0.3, 0.4) is 0 Å². The van der Waals surface area contributed by atoms with Gasteiger partial charge in [0.2, 0.25) is 5.13 Å². The van der Waals surface area contributed by atoms with Gasteiger partial charge in [-0.25, -0.2) is 0 Å². The summed E-state index contributed by atoms with van der Waals surface area (Å²) in [5.41, 5.74) is 2.60. The highest BCUT2D eigenvalue weighted by Crippen LogP contribution is 2.31. The molecule has 0 atom stereocenters. The van der Waals surface area contributed by atoms with Gasteiger partial charge in [-0.05, 0) is 54.5 Å². The fourth-order valence-electron chi connectivity index (χ4n) is 3.36. The lowest BCUT2D eigenvalue weighted by atomic mass is 10.1. The number of anilines is 1. The summed E-state index contributed by atoms with van der Waals surface area (Å²) < 4.78 is 17.1. The normalized spacial score (nSPS) is 10.9. The molecule has 4 aromatic rings. The number of ether oxygens (including phenoxy) is 3. The van der Waals surface area contributed by atoms with Gasteiger partial charge in [0, 0.05) is 5.56 Å². The fourth-order valence-corrected chi connectivity index (χ4v) is 4.07. The number of nitrogens with zero attached hydrogens (tertiary/aromatic N) is 3. The van der Waals surface area contributed by atoms with Gasteiger partial charge in [0.25, 0.3) is 5.91 Å². The van der Waals surface area contributed by atoms with E-state index >= 15 is 0 Å². The van der Waals surface area contributed by atoms with Crippen molar-refractivity contribution in [1.29, 1.82) is 5.26 Å². The molecule has 3 aromatic carbocycles. The van der Waals surface area contributed by atoms with E-state index in [0.717, 1.165) is 28.2 Å². The predicted octanol–water partition coefficient (Wildman–Crippen LogP) is 5.63. The Balaban J connectivity index is 1.40. The Morgan fingerprint density at radius 3 is 2.43 bits per heavy atom. The molecule has 0 radical (unpaired) electrons. The van der Waals surface area contributed by atoms with Crippen molar-refractivity contribution in [2.45, 2.75) is 6.92 Å². The Morgan fingerprint density at radius 2 is 1.70 bits per heavy atom. The number of aromatic nitrogens is 2. The summed E-state index contributed by atoms with van der Waals surface area (Å²) in [6.07, 6.45) is 1.68. The van der Waals surface area contributed by atoms with E-state index in [2.05, 4.69) is 21.6 Å². The summed E-state index contributed by atoms with van der Waals surface area (Å²) in [5, 5.41) is 21.2. The van der Waals surface area contributed by atoms with Gasteiger partial charge in [-0.2, -0.15) is 5.26 Å². The first-order chi connectivity index (χ1) is 18.1. The van der Waals surface area contributed by atoms with Gasteiger partial charge < -0.3 is 14.2 Å². The van der Waals surface area contributed by atoms with Gasteiger partial charge in [0.15, 0.2) is 16.5 Å². The van der Waals surface area contributed by atoms with E-state index in [9.17, 15) is 10.1 Å². The second-order valence-corrected chi connectivity index (χ2v) is 8.75. The van der Waals surface area contributed by atoms with Crippen LogP contribution in [0.25, 0.3) is 11.6 Å². The topological polar surface area (TPSA) is 106 Å². The van der Waals surface area contributed by atoms with E-state index in [1.54, 1.807) is 49.6 Å². The minimum Gasteiger partial charge on any atom is -0.493 e. The molecule has 1 aromatic heterocycles. The molecule has 37 heavy (non-hydrogen) atoms. The molecule has 0 saturated carbocycles. The largest absolute Gasteiger partial charge is 0.493 e. The number of methoxy groups -OCH3 is 1. The molecule has 4 rings (SSSR count). The standard InChI is InChI=1S/C28H24N4O4S/c1-19-8-6-7-11-23(19)35-14-15-36-24-13-12-20(17-25(24)34-2)16-22(18-29)27-31-32-28(37-27)30-26(33)21-9-4-3-5-10-21/h3-13,16-17H,14-15H2,1-2H3,(H,30,32,33)/b22-16-. The first kappa shape index (κ1) is 25.4. The molecule has 1 amide bonds. The number of carbonyl (C=O) groups excluding carboxylic acids is 1. The van der Waals surface area contributed by atoms with E-state index in [-0.39, 0.29) is 5.91 Å². The first-order valence-electron chi connectivity index (χ1n) is 11.4. The third kappa shape index (κ3) is 6.72. The lowest BCUT2D eigenvalue weighted by molar-refractivity contribution is 0.102. The molecule has 0 unspecified atom stereocenters. The molecule has 9 heteroatoms. The average molecular weight is 513 g/mol. The van der Waals surface area contributed by atoms with Gasteiger partial charge in [0.1, 0.15) is 25.0 Å². The monoisotopic (exact) mass is 512 g/mol. The number of nitrogens with one attached hydrogen (secondary N) is 1. The second kappa shape index (κ2) is 12.3. The fraction of sp³-hybridized carbons (Fsp3) is 0.143. The third-order valence-electron chi connectivity index (χ3n) is 5.22. The minimum absolute atomic E-state index is 0.296. The highest BCUT2D eigenvalue weighted by Gasteiger charge is 2.13. The molecule has 0 saturated heterocycles. The number of nitriles is 1. The summed E-state index contributed by atoms with van der Waals surface area (Å²) >= 11 is 1.12. The number of carbonyl (C=O) groups is 1. The summed E-state index contributed by atoms with van der Waals surface area (Å²) in [7, 11) is 1.55. The highest BCUT2D eigenvalue weighted by atomic mass is 32.1. The van der Waals surface area contributed by atoms with Crippen LogP contribution in [0.15, 0.2) is 72.8 Å². The van der Waals surface area contributed by atoms with Gasteiger partial charge in [0.05, 0.1) is 12.7 Å². The zero-order valence-corrected chi connectivity index (χ0v) is 21.1. The quantitative estimate of drug-likeness (QED) is 0.217. The zero-order valence-electron chi connectivity index (χ0n) is 20.3. The molecule has 1 heterocycles. The lowest BCUT2D eigenvalue weighted by Crippen LogP contribution is -2.11. The average Bonchev–Trinajstić information content (AvgIpc) is 3.39. The van der Waals surface area contributed by atoms with Crippen LogP contribution in [0.1, 0.15) is 26.5 Å². The van der Waals surface area contributed by atoms with Crippen molar-refractivity contribution in [2.24, 2.45) is 0 Å². The van der Waals surface area contributed by atoms with Crippen LogP contribution >= 0.6 is 11.3 Å². The number of hydrogen-bond acceptors (Lipinski definition) is 8. The molecule has 0 aliphatic rings. The third-order valence-corrected chi connectivity index (χ3v) is 6.10. The number of rotatable bonds is 10. The number of amides is 1. The molecule has 0 aliphatic heterocycles. The molecule has 186 valence electrons. The van der Waals surface area contributed by atoms with Crippen molar-refractivity contribution in [3.05, 3.63) is 94.5 Å². The zero-order chi connectivity index (χ0) is 26.0. The minimum atomic E-state index is -0.296. The molecular weight excluding hydrogens is 488 g/mol. The molecule has 1 N–H and O–H groups in total. The Bertz CT molecular complexity index is 1440. The summed E-state index contributed by atoms with van der Waals surface area (Å²) in [6.45, 7) is 2.71. The Morgan fingerprint density at radius 1 is 0.973 bits per heavy atom. The Kier molecular flexibility index (Phi) is 8.47. The summed E-state index contributed by atoms with van der Waals surface area (Å²) in [6, 6.07) is 24.1. The number of benzene rings is 3. The van der Waals surface area contributed by atoms with Crippen LogP contribution in [0, 0.1) is 18.3 Å². The molecule has 8 nitrogen and oxygen atoms in total. The molecule has 0 bridgehead atoms. The van der Waals surface area contributed by atoms with Crippen molar-refractivity contribution < 1.29 is 19.0 Å². The van der Waals surface area contributed by atoms with Gasteiger partial charge in [-0.3, -0.25) is 10.1 Å². The Labute approximate surface area is 218 Å². The Hall–Kier alpha value is -4.68. The smallest absolute Gasteiger partial charge is 0.257 e. The number of hydrogen-bond donors (Lipinski definition) is 1. The van der Waals surface area contributed by atoms with Crippen LogP contribution in [-0.4, -0.2) is 36.4 Å².